The van der Waals surface area contributed by atoms with Gasteiger partial charge in [-0.05, 0) is 45.4 Å². The van der Waals surface area contributed by atoms with Crippen LogP contribution in [0.15, 0.2) is 12.7 Å². The van der Waals surface area contributed by atoms with Crippen LogP contribution >= 0.6 is 0 Å². The Labute approximate surface area is 125 Å². The predicted octanol–water partition coefficient (Wildman–Crippen LogP) is 3.27. The third-order valence-corrected chi connectivity index (χ3v) is 6.59. The Morgan fingerprint density at radius 3 is 2.30 bits per heavy atom. The standard InChI is InChI=1S/C16H28O3S/c1-5-13(12-20(17)15(2,3)4)14-6-8-16(9-7-14)18-10-11-19-16/h5,13-14H,1,6-12H2,2-4H3. The Morgan fingerprint density at radius 1 is 1.30 bits per heavy atom. The predicted molar refractivity (Wildman–Crippen MR) is 83.0 cm³/mol. The average molecular weight is 300 g/mol. The number of hydrogen-bond donors (Lipinski definition) is 0. The van der Waals surface area contributed by atoms with E-state index in [1.54, 1.807) is 0 Å². The summed E-state index contributed by atoms with van der Waals surface area (Å²) in [6, 6.07) is 0. The summed E-state index contributed by atoms with van der Waals surface area (Å²) >= 11 is 0. The van der Waals surface area contributed by atoms with E-state index in [1.807, 2.05) is 26.8 Å². The molecule has 2 rings (SSSR count). The topological polar surface area (TPSA) is 35.5 Å². The van der Waals surface area contributed by atoms with Gasteiger partial charge in [-0.1, -0.05) is 6.08 Å². The van der Waals surface area contributed by atoms with Gasteiger partial charge in [-0.25, -0.2) is 0 Å². The van der Waals surface area contributed by atoms with Gasteiger partial charge in [0.15, 0.2) is 5.79 Å². The van der Waals surface area contributed by atoms with E-state index < -0.39 is 10.8 Å². The maximum Gasteiger partial charge on any atom is 0.168 e. The highest BCUT2D eigenvalue weighted by atomic mass is 32.2. The minimum Gasteiger partial charge on any atom is -0.348 e. The quantitative estimate of drug-likeness (QED) is 0.748. The minimum absolute atomic E-state index is 0.144. The number of hydrogen-bond acceptors (Lipinski definition) is 3. The molecule has 0 N–H and O–H groups in total. The summed E-state index contributed by atoms with van der Waals surface area (Å²) in [5.74, 6) is 1.34. The summed E-state index contributed by atoms with van der Waals surface area (Å²) in [4.78, 5) is 0. The third kappa shape index (κ3) is 3.71. The van der Waals surface area contributed by atoms with E-state index in [4.69, 9.17) is 9.47 Å². The van der Waals surface area contributed by atoms with Gasteiger partial charge in [0.2, 0.25) is 0 Å². The average Bonchev–Trinajstić information content (AvgIpc) is 2.84. The Bertz CT molecular complexity index is 356. The van der Waals surface area contributed by atoms with Crippen molar-refractivity contribution in [1.82, 2.24) is 0 Å². The zero-order valence-electron chi connectivity index (χ0n) is 13.0. The van der Waals surface area contributed by atoms with Crippen LogP contribution in [-0.2, 0) is 20.3 Å². The molecule has 20 heavy (non-hydrogen) atoms. The molecule has 1 spiro atoms. The van der Waals surface area contributed by atoms with Gasteiger partial charge in [-0.3, -0.25) is 4.21 Å². The molecule has 0 radical (unpaired) electrons. The van der Waals surface area contributed by atoms with Crippen LogP contribution < -0.4 is 0 Å². The number of ether oxygens (including phenoxy) is 2. The molecule has 3 nitrogen and oxygen atoms in total. The molecule has 0 amide bonds. The van der Waals surface area contributed by atoms with Gasteiger partial charge in [0.25, 0.3) is 0 Å². The zero-order valence-corrected chi connectivity index (χ0v) is 13.8. The molecule has 1 saturated carbocycles. The molecule has 0 aromatic carbocycles. The van der Waals surface area contributed by atoms with Crippen LogP contribution in [-0.4, -0.2) is 33.7 Å². The molecule has 1 heterocycles. The second-order valence-electron chi connectivity index (χ2n) is 6.97. The van der Waals surface area contributed by atoms with Gasteiger partial charge < -0.3 is 9.47 Å². The lowest BCUT2D eigenvalue weighted by Gasteiger charge is -2.38. The molecular weight excluding hydrogens is 272 g/mol. The molecule has 1 saturated heterocycles. The molecule has 1 aliphatic carbocycles. The van der Waals surface area contributed by atoms with Gasteiger partial charge in [0.1, 0.15) is 0 Å². The maximum atomic E-state index is 12.3. The van der Waals surface area contributed by atoms with Gasteiger partial charge in [0.05, 0.1) is 13.2 Å². The van der Waals surface area contributed by atoms with Gasteiger partial charge in [-0.2, -0.15) is 0 Å². The molecule has 0 aromatic rings. The fourth-order valence-corrected chi connectivity index (χ4v) is 4.37. The number of rotatable bonds is 4. The van der Waals surface area contributed by atoms with E-state index in [0.717, 1.165) is 44.6 Å². The first-order valence-corrected chi connectivity index (χ1v) is 8.97. The van der Waals surface area contributed by atoms with E-state index in [-0.39, 0.29) is 10.5 Å². The van der Waals surface area contributed by atoms with Crippen LogP contribution in [0.5, 0.6) is 0 Å². The summed E-state index contributed by atoms with van der Waals surface area (Å²) in [5.41, 5.74) is 0. The van der Waals surface area contributed by atoms with E-state index in [0.29, 0.717) is 11.8 Å². The second-order valence-corrected chi connectivity index (χ2v) is 9.22. The van der Waals surface area contributed by atoms with Crippen molar-refractivity contribution in [2.75, 3.05) is 19.0 Å². The van der Waals surface area contributed by atoms with Gasteiger partial charge >= 0.3 is 0 Å². The molecule has 2 fully saturated rings. The lowest BCUT2D eigenvalue weighted by molar-refractivity contribution is -0.183. The first-order chi connectivity index (χ1) is 9.36. The molecule has 4 heteroatoms. The monoisotopic (exact) mass is 300 g/mol. The highest BCUT2D eigenvalue weighted by molar-refractivity contribution is 7.86. The van der Waals surface area contributed by atoms with E-state index in [1.165, 1.54) is 0 Å². The van der Waals surface area contributed by atoms with Crippen LogP contribution in [0.4, 0.5) is 0 Å². The van der Waals surface area contributed by atoms with Crippen molar-refractivity contribution in [3.05, 3.63) is 12.7 Å². The molecule has 116 valence electrons. The van der Waals surface area contributed by atoms with E-state index >= 15 is 0 Å². The van der Waals surface area contributed by atoms with Crippen LogP contribution in [0.25, 0.3) is 0 Å². The summed E-state index contributed by atoms with van der Waals surface area (Å²) in [6.07, 6.45) is 6.09. The zero-order chi connectivity index (χ0) is 14.8. The Balaban J connectivity index is 1.90. The van der Waals surface area contributed by atoms with E-state index in [9.17, 15) is 4.21 Å². The molecule has 2 atom stereocenters. The minimum atomic E-state index is -0.813. The van der Waals surface area contributed by atoms with Crippen molar-refractivity contribution in [3.8, 4) is 0 Å². The molecule has 0 aromatic heterocycles. The van der Waals surface area contributed by atoms with Crippen LogP contribution in [0.1, 0.15) is 46.5 Å². The van der Waals surface area contributed by atoms with Crippen LogP contribution in [0.2, 0.25) is 0 Å². The van der Waals surface area contributed by atoms with Crippen molar-refractivity contribution in [2.45, 2.75) is 57.0 Å². The Hall–Kier alpha value is -0.190. The van der Waals surface area contributed by atoms with Crippen LogP contribution in [0, 0.1) is 11.8 Å². The molecular formula is C16H28O3S. The van der Waals surface area contributed by atoms with Gasteiger partial charge in [0, 0.05) is 34.1 Å². The number of allylic oxidation sites excluding steroid dienone is 1. The second kappa shape index (κ2) is 6.29. The molecule has 2 unspecified atom stereocenters. The molecule has 1 aliphatic heterocycles. The summed E-state index contributed by atoms with van der Waals surface area (Å²) in [5, 5.41) is 0. The third-order valence-electron chi connectivity index (χ3n) is 4.54. The lowest BCUT2D eigenvalue weighted by atomic mass is 9.78. The van der Waals surface area contributed by atoms with Crippen molar-refractivity contribution >= 4 is 10.8 Å². The summed E-state index contributed by atoms with van der Waals surface area (Å²) < 4.78 is 23.7. The highest BCUT2D eigenvalue weighted by Gasteiger charge is 2.41. The first kappa shape index (κ1) is 16.2. The van der Waals surface area contributed by atoms with Crippen molar-refractivity contribution in [3.63, 3.8) is 0 Å². The van der Waals surface area contributed by atoms with E-state index in [2.05, 4.69) is 6.58 Å². The SMILES string of the molecule is C=CC(CS(=O)C(C)(C)C)C1CCC2(CC1)OCCO2. The fourth-order valence-electron chi connectivity index (χ4n) is 3.12. The van der Waals surface area contributed by atoms with Crippen molar-refractivity contribution in [2.24, 2.45) is 11.8 Å². The summed E-state index contributed by atoms with van der Waals surface area (Å²) in [6.45, 7) is 11.5. The molecule has 2 aliphatic rings. The summed E-state index contributed by atoms with van der Waals surface area (Å²) in [7, 11) is -0.813. The Kier molecular flexibility index (Phi) is 5.09. The highest BCUT2D eigenvalue weighted by Crippen LogP contribution is 2.41. The Morgan fingerprint density at radius 2 is 1.85 bits per heavy atom. The smallest absolute Gasteiger partial charge is 0.168 e. The lowest BCUT2D eigenvalue weighted by Crippen LogP contribution is -2.38. The van der Waals surface area contributed by atoms with Gasteiger partial charge in [-0.15, -0.1) is 6.58 Å². The normalized spacial score (nSPS) is 26.6. The van der Waals surface area contributed by atoms with Crippen LogP contribution in [0.3, 0.4) is 0 Å². The first-order valence-electron chi connectivity index (χ1n) is 7.65. The van der Waals surface area contributed by atoms with Crippen molar-refractivity contribution < 1.29 is 13.7 Å². The van der Waals surface area contributed by atoms with Crippen molar-refractivity contribution in [1.29, 1.82) is 0 Å². The molecule has 0 bridgehead atoms. The fraction of sp³-hybridized carbons (Fsp3) is 0.875. The largest absolute Gasteiger partial charge is 0.348 e. The maximum absolute atomic E-state index is 12.3.